The summed E-state index contributed by atoms with van der Waals surface area (Å²) in [6.45, 7) is 1.13. The maximum absolute atomic E-state index is 11.7. The molecule has 2 rings (SSSR count). The number of rotatable bonds is 9. The maximum Gasteiger partial charge on any atom is 0.511 e. The predicted octanol–water partition coefficient (Wildman–Crippen LogP) is 3.30. The highest BCUT2D eigenvalue weighted by molar-refractivity contribution is 6.30. The number of aliphatic hydroxyl groups is 1. The van der Waals surface area contributed by atoms with Gasteiger partial charge in [-0.25, -0.2) is 9.59 Å². The van der Waals surface area contributed by atoms with Gasteiger partial charge in [-0.3, -0.25) is 0 Å². The summed E-state index contributed by atoms with van der Waals surface area (Å²) in [6, 6.07) is 14.9. The summed E-state index contributed by atoms with van der Waals surface area (Å²) in [5.41, 5.74) is 9.04. The van der Waals surface area contributed by atoms with Crippen LogP contribution in [0.5, 0.6) is 0 Å². The average Bonchev–Trinajstić information content (AvgIpc) is 2.68. The Morgan fingerprint density at radius 3 is 2.45 bits per heavy atom. The molecular formula is C21H24ClNO6. The van der Waals surface area contributed by atoms with Crippen LogP contribution in [0.4, 0.5) is 4.79 Å². The van der Waals surface area contributed by atoms with Crippen LogP contribution in [0, 0.1) is 0 Å². The molecule has 0 bridgehead atoms. The molecule has 0 radical (unpaired) electrons. The summed E-state index contributed by atoms with van der Waals surface area (Å²) >= 11 is 6.02. The highest BCUT2D eigenvalue weighted by Crippen LogP contribution is 2.23. The van der Waals surface area contributed by atoms with Crippen molar-refractivity contribution in [3.05, 3.63) is 59.1 Å². The molecule has 8 heteroatoms. The summed E-state index contributed by atoms with van der Waals surface area (Å²) in [7, 11) is 0. The number of esters is 1. The van der Waals surface area contributed by atoms with Gasteiger partial charge in [0.15, 0.2) is 6.10 Å². The second kappa shape index (κ2) is 11.4. The fourth-order valence-corrected chi connectivity index (χ4v) is 2.85. The first-order valence-electron chi connectivity index (χ1n) is 9.13. The number of hydrogen-bond acceptors (Lipinski definition) is 7. The second-order valence-electron chi connectivity index (χ2n) is 6.33. The molecule has 2 aromatic carbocycles. The first-order chi connectivity index (χ1) is 13.9. The summed E-state index contributed by atoms with van der Waals surface area (Å²) in [5, 5.41) is 10.6. The number of nitrogens with two attached hydrogens (primary N) is 1. The van der Waals surface area contributed by atoms with Crippen LogP contribution in [0.25, 0.3) is 11.1 Å². The zero-order chi connectivity index (χ0) is 21.2. The Kier molecular flexibility index (Phi) is 8.92. The van der Waals surface area contributed by atoms with E-state index in [1.54, 1.807) is 6.92 Å². The largest absolute Gasteiger partial charge is 0.511 e. The van der Waals surface area contributed by atoms with Crippen molar-refractivity contribution in [3.8, 4) is 11.1 Å². The third-order valence-electron chi connectivity index (χ3n) is 4.05. The Morgan fingerprint density at radius 2 is 1.79 bits per heavy atom. The standard InChI is InChI=1S/C21H24ClNO6/c1-2-27-21(26)29-13-28-20(25)19(24)12-18(23)10-14-6-8-15(9-7-14)16-4-3-5-17(22)11-16/h3-9,11,18-19,24H,2,10,12-13,23H2,1H3/t18-,19-/m1/s1. The van der Waals surface area contributed by atoms with Crippen LogP contribution >= 0.6 is 11.6 Å². The molecule has 2 atom stereocenters. The Bertz CT molecular complexity index is 811. The van der Waals surface area contributed by atoms with Crippen LogP contribution in [0.1, 0.15) is 18.9 Å². The van der Waals surface area contributed by atoms with E-state index in [4.69, 9.17) is 17.3 Å². The van der Waals surface area contributed by atoms with E-state index >= 15 is 0 Å². The van der Waals surface area contributed by atoms with Crippen LogP contribution < -0.4 is 5.73 Å². The molecule has 2 aromatic rings. The van der Waals surface area contributed by atoms with Crippen molar-refractivity contribution in [2.75, 3.05) is 13.4 Å². The van der Waals surface area contributed by atoms with E-state index in [0.717, 1.165) is 16.7 Å². The molecule has 156 valence electrons. The molecule has 0 aliphatic heterocycles. The minimum absolute atomic E-state index is 0.00822. The molecule has 0 fully saturated rings. The van der Waals surface area contributed by atoms with E-state index in [2.05, 4.69) is 14.2 Å². The van der Waals surface area contributed by atoms with Gasteiger partial charge < -0.3 is 25.1 Å². The highest BCUT2D eigenvalue weighted by Gasteiger charge is 2.21. The third kappa shape index (κ3) is 7.73. The minimum Gasteiger partial charge on any atom is -0.435 e. The number of aliphatic hydroxyl groups excluding tert-OH is 1. The topological polar surface area (TPSA) is 108 Å². The van der Waals surface area contributed by atoms with Crippen molar-refractivity contribution in [3.63, 3.8) is 0 Å². The van der Waals surface area contributed by atoms with Crippen LogP contribution in [-0.4, -0.2) is 42.8 Å². The molecule has 0 aliphatic carbocycles. The molecule has 0 spiro atoms. The van der Waals surface area contributed by atoms with Crippen LogP contribution in [0.2, 0.25) is 5.02 Å². The second-order valence-corrected chi connectivity index (χ2v) is 6.77. The van der Waals surface area contributed by atoms with Gasteiger partial charge in [0, 0.05) is 11.1 Å². The lowest BCUT2D eigenvalue weighted by molar-refractivity contribution is -0.163. The zero-order valence-electron chi connectivity index (χ0n) is 16.0. The third-order valence-corrected chi connectivity index (χ3v) is 4.28. The number of ether oxygens (including phenoxy) is 3. The van der Waals surface area contributed by atoms with Gasteiger partial charge in [-0.1, -0.05) is 48.0 Å². The van der Waals surface area contributed by atoms with Crippen molar-refractivity contribution >= 4 is 23.7 Å². The van der Waals surface area contributed by atoms with E-state index in [1.165, 1.54) is 0 Å². The summed E-state index contributed by atoms with van der Waals surface area (Å²) in [6.07, 6.45) is -1.89. The van der Waals surface area contributed by atoms with Crippen molar-refractivity contribution in [2.45, 2.75) is 31.9 Å². The van der Waals surface area contributed by atoms with E-state index in [-0.39, 0.29) is 13.0 Å². The van der Waals surface area contributed by atoms with Gasteiger partial charge in [-0.05, 0) is 48.6 Å². The highest BCUT2D eigenvalue weighted by atomic mass is 35.5. The van der Waals surface area contributed by atoms with Crippen molar-refractivity contribution in [2.24, 2.45) is 5.73 Å². The molecule has 0 unspecified atom stereocenters. The number of halogens is 1. The summed E-state index contributed by atoms with van der Waals surface area (Å²) in [5.74, 6) is -0.916. The molecule has 0 heterocycles. The van der Waals surface area contributed by atoms with Gasteiger partial charge in [-0.2, -0.15) is 0 Å². The number of hydrogen-bond donors (Lipinski definition) is 2. The van der Waals surface area contributed by atoms with E-state index in [9.17, 15) is 14.7 Å². The predicted molar refractivity (Wildman–Crippen MR) is 108 cm³/mol. The molecule has 0 aromatic heterocycles. The molecule has 0 amide bonds. The number of benzene rings is 2. The number of carbonyl (C=O) groups is 2. The fourth-order valence-electron chi connectivity index (χ4n) is 2.66. The lowest BCUT2D eigenvalue weighted by Crippen LogP contribution is -2.34. The lowest BCUT2D eigenvalue weighted by Gasteiger charge is -2.16. The quantitative estimate of drug-likeness (QED) is 0.472. The van der Waals surface area contributed by atoms with E-state index in [0.29, 0.717) is 11.4 Å². The van der Waals surface area contributed by atoms with Crippen LogP contribution in [0.15, 0.2) is 48.5 Å². The Labute approximate surface area is 174 Å². The van der Waals surface area contributed by atoms with Crippen LogP contribution in [-0.2, 0) is 25.4 Å². The number of carbonyl (C=O) groups excluding carboxylic acids is 2. The molecule has 0 saturated carbocycles. The molecule has 29 heavy (non-hydrogen) atoms. The Balaban J connectivity index is 1.80. The summed E-state index contributed by atoms with van der Waals surface area (Å²) < 4.78 is 13.7. The lowest BCUT2D eigenvalue weighted by atomic mass is 9.98. The van der Waals surface area contributed by atoms with Gasteiger partial charge >= 0.3 is 12.1 Å². The normalized spacial score (nSPS) is 12.7. The molecule has 0 aliphatic rings. The maximum atomic E-state index is 11.7. The van der Waals surface area contributed by atoms with Gasteiger partial charge in [0.2, 0.25) is 6.79 Å². The van der Waals surface area contributed by atoms with E-state index in [1.807, 2.05) is 48.5 Å². The van der Waals surface area contributed by atoms with Crippen molar-refractivity contribution in [1.82, 2.24) is 0 Å². The summed E-state index contributed by atoms with van der Waals surface area (Å²) in [4.78, 5) is 22.7. The minimum atomic E-state index is -1.42. The molecule has 7 nitrogen and oxygen atoms in total. The van der Waals surface area contributed by atoms with E-state index < -0.39 is 31.1 Å². The average molecular weight is 422 g/mol. The SMILES string of the molecule is CCOC(=O)OCOC(=O)[C@H](O)C[C@H](N)Cc1ccc(-c2cccc(Cl)c2)cc1. The van der Waals surface area contributed by atoms with Crippen LogP contribution in [0.3, 0.4) is 0 Å². The molecule has 3 N–H and O–H groups in total. The van der Waals surface area contributed by atoms with Gasteiger partial charge in [0.1, 0.15) is 0 Å². The smallest absolute Gasteiger partial charge is 0.435 e. The zero-order valence-corrected chi connectivity index (χ0v) is 16.8. The van der Waals surface area contributed by atoms with Gasteiger partial charge in [-0.15, -0.1) is 0 Å². The Hall–Kier alpha value is -2.61. The monoisotopic (exact) mass is 421 g/mol. The Morgan fingerprint density at radius 1 is 1.07 bits per heavy atom. The molecular weight excluding hydrogens is 398 g/mol. The first-order valence-corrected chi connectivity index (χ1v) is 9.51. The molecule has 0 saturated heterocycles. The van der Waals surface area contributed by atoms with Gasteiger partial charge in [0.05, 0.1) is 6.61 Å². The van der Waals surface area contributed by atoms with Crippen molar-refractivity contribution in [1.29, 1.82) is 0 Å². The van der Waals surface area contributed by atoms with Gasteiger partial charge in [0.25, 0.3) is 0 Å². The first kappa shape index (κ1) is 22.7. The van der Waals surface area contributed by atoms with Crippen molar-refractivity contribution < 1.29 is 28.9 Å². The fraction of sp³-hybridized carbons (Fsp3) is 0.333.